The Bertz CT molecular complexity index is 555. The molecule has 0 heterocycles. The van der Waals surface area contributed by atoms with Crippen LogP contribution in [-0.4, -0.2) is 0 Å². The van der Waals surface area contributed by atoms with E-state index in [2.05, 4.69) is 15.9 Å². The second kappa shape index (κ2) is 5.91. The second-order valence-electron chi connectivity index (χ2n) is 3.63. The van der Waals surface area contributed by atoms with Crippen molar-refractivity contribution in [2.75, 3.05) is 0 Å². The smallest absolute Gasteiger partial charge is 0.124 e. The first-order chi connectivity index (χ1) is 8.54. The summed E-state index contributed by atoms with van der Waals surface area (Å²) < 4.78 is 19.2. The van der Waals surface area contributed by atoms with Gasteiger partial charge in [-0.25, -0.2) is 4.39 Å². The first-order valence-electron chi connectivity index (χ1n) is 5.07. The molecule has 2 rings (SSSR count). The Morgan fingerprint density at radius 2 is 1.89 bits per heavy atom. The molecule has 0 spiro atoms. The van der Waals surface area contributed by atoms with Gasteiger partial charge in [-0.2, -0.15) is 0 Å². The summed E-state index contributed by atoms with van der Waals surface area (Å²) >= 11 is 15.1. The highest BCUT2D eigenvalue weighted by Crippen LogP contribution is 2.26. The Balaban J connectivity index is 2.11. The molecular formula is C13H8BrCl2FO. The van der Waals surface area contributed by atoms with E-state index >= 15 is 0 Å². The molecule has 0 saturated heterocycles. The third-order valence-electron chi connectivity index (χ3n) is 2.25. The summed E-state index contributed by atoms with van der Waals surface area (Å²) in [6.07, 6.45) is 0. The molecule has 0 fully saturated rings. The molecule has 18 heavy (non-hydrogen) atoms. The monoisotopic (exact) mass is 348 g/mol. The molecule has 2 aromatic rings. The normalized spacial score (nSPS) is 10.4. The summed E-state index contributed by atoms with van der Waals surface area (Å²) in [5, 5.41) is 0.917. The van der Waals surface area contributed by atoms with Crippen LogP contribution in [0.25, 0.3) is 0 Å². The van der Waals surface area contributed by atoms with E-state index in [-0.39, 0.29) is 12.4 Å². The molecule has 5 heteroatoms. The van der Waals surface area contributed by atoms with Crippen LogP contribution in [0.15, 0.2) is 40.9 Å². The Labute approximate surface area is 123 Å². The predicted molar refractivity (Wildman–Crippen MR) is 74.9 cm³/mol. The SMILES string of the molecule is Fc1ccc(COc2cc(Cl)cc(Br)c2)c(Cl)c1. The second-order valence-corrected chi connectivity index (χ2v) is 5.39. The van der Waals surface area contributed by atoms with Crippen LogP contribution < -0.4 is 4.74 Å². The maximum absolute atomic E-state index is 12.9. The highest BCUT2D eigenvalue weighted by atomic mass is 79.9. The van der Waals surface area contributed by atoms with Crippen LogP contribution in [0.3, 0.4) is 0 Å². The lowest BCUT2D eigenvalue weighted by Crippen LogP contribution is -1.96. The molecule has 0 saturated carbocycles. The zero-order valence-corrected chi connectivity index (χ0v) is 12.2. The molecule has 0 atom stereocenters. The van der Waals surface area contributed by atoms with Crippen molar-refractivity contribution in [1.82, 2.24) is 0 Å². The van der Waals surface area contributed by atoms with Crippen molar-refractivity contribution in [2.24, 2.45) is 0 Å². The van der Waals surface area contributed by atoms with Crippen molar-refractivity contribution < 1.29 is 9.13 Å². The van der Waals surface area contributed by atoms with E-state index in [9.17, 15) is 4.39 Å². The highest BCUT2D eigenvalue weighted by molar-refractivity contribution is 9.10. The fourth-order valence-corrected chi connectivity index (χ4v) is 2.46. The standard InChI is InChI=1S/C13H8BrCl2FO/c14-9-3-10(15)5-12(4-9)18-7-8-1-2-11(17)6-13(8)16/h1-6H,7H2. The topological polar surface area (TPSA) is 9.23 Å². The highest BCUT2D eigenvalue weighted by Gasteiger charge is 2.04. The fraction of sp³-hybridized carbons (Fsp3) is 0.0769. The lowest BCUT2D eigenvalue weighted by Gasteiger charge is -2.08. The van der Waals surface area contributed by atoms with Crippen LogP contribution in [0.2, 0.25) is 10.0 Å². The number of hydrogen-bond acceptors (Lipinski definition) is 1. The molecule has 0 unspecified atom stereocenters. The van der Waals surface area contributed by atoms with Crippen molar-refractivity contribution in [1.29, 1.82) is 0 Å². The zero-order valence-electron chi connectivity index (χ0n) is 9.09. The summed E-state index contributed by atoms with van der Waals surface area (Å²) in [4.78, 5) is 0. The number of halogens is 4. The molecular weight excluding hydrogens is 342 g/mol. The van der Waals surface area contributed by atoms with E-state index in [4.69, 9.17) is 27.9 Å². The Kier molecular flexibility index (Phi) is 4.49. The minimum Gasteiger partial charge on any atom is -0.489 e. The predicted octanol–water partition coefficient (Wildman–Crippen LogP) is 5.47. The van der Waals surface area contributed by atoms with Crippen molar-refractivity contribution in [2.45, 2.75) is 6.61 Å². The average molecular weight is 350 g/mol. The Hall–Kier alpha value is -0.770. The van der Waals surface area contributed by atoms with Gasteiger partial charge in [-0.3, -0.25) is 0 Å². The maximum Gasteiger partial charge on any atom is 0.124 e. The van der Waals surface area contributed by atoms with Gasteiger partial charge in [0.15, 0.2) is 0 Å². The molecule has 0 aliphatic rings. The first kappa shape index (κ1) is 13.7. The van der Waals surface area contributed by atoms with Crippen molar-refractivity contribution in [3.05, 3.63) is 62.3 Å². The van der Waals surface area contributed by atoms with Crippen LogP contribution in [0, 0.1) is 5.82 Å². The van der Waals surface area contributed by atoms with Gasteiger partial charge >= 0.3 is 0 Å². The molecule has 0 N–H and O–H groups in total. The average Bonchev–Trinajstić information content (AvgIpc) is 2.26. The van der Waals surface area contributed by atoms with Gasteiger partial charge in [-0.1, -0.05) is 45.2 Å². The lowest BCUT2D eigenvalue weighted by molar-refractivity contribution is 0.306. The third kappa shape index (κ3) is 3.61. The van der Waals surface area contributed by atoms with Gasteiger partial charge in [0.25, 0.3) is 0 Å². The molecule has 0 radical (unpaired) electrons. The van der Waals surface area contributed by atoms with Gasteiger partial charge in [0, 0.05) is 15.1 Å². The molecule has 0 aliphatic heterocycles. The minimum absolute atomic E-state index is 0.256. The first-order valence-corrected chi connectivity index (χ1v) is 6.62. The molecule has 0 aromatic heterocycles. The molecule has 0 amide bonds. The summed E-state index contributed by atoms with van der Waals surface area (Å²) in [6.45, 7) is 0.256. The van der Waals surface area contributed by atoms with E-state index in [1.165, 1.54) is 12.1 Å². The number of rotatable bonds is 3. The molecule has 0 bridgehead atoms. The van der Waals surface area contributed by atoms with Crippen LogP contribution in [-0.2, 0) is 6.61 Å². The van der Waals surface area contributed by atoms with Gasteiger partial charge in [-0.15, -0.1) is 0 Å². The summed E-state index contributed by atoms with van der Waals surface area (Å²) in [5.74, 6) is 0.254. The quantitative estimate of drug-likeness (QED) is 0.713. The fourth-order valence-electron chi connectivity index (χ4n) is 1.41. The van der Waals surface area contributed by atoms with Crippen molar-refractivity contribution >= 4 is 39.1 Å². The molecule has 0 aliphatic carbocycles. The van der Waals surface area contributed by atoms with Crippen molar-refractivity contribution in [3.8, 4) is 5.75 Å². The summed E-state index contributed by atoms with van der Waals surface area (Å²) in [7, 11) is 0. The van der Waals surface area contributed by atoms with E-state index in [0.29, 0.717) is 21.4 Å². The maximum atomic E-state index is 12.9. The van der Waals surface area contributed by atoms with Gasteiger partial charge in [0.1, 0.15) is 18.2 Å². The van der Waals surface area contributed by atoms with Crippen LogP contribution in [0.5, 0.6) is 5.75 Å². The number of benzene rings is 2. The van der Waals surface area contributed by atoms with E-state index in [0.717, 1.165) is 4.47 Å². The molecule has 1 nitrogen and oxygen atoms in total. The summed E-state index contributed by atoms with van der Waals surface area (Å²) in [5.41, 5.74) is 0.717. The van der Waals surface area contributed by atoms with Gasteiger partial charge in [0.05, 0.1) is 5.02 Å². The van der Waals surface area contributed by atoms with Crippen LogP contribution in [0.4, 0.5) is 4.39 Å². The Morgan fingerprint density at radius 3 is 2.56 bits per heavy atom. The van der Waals surface area contributed by atoms with Crippen molar-refractivity contribution in [3.63, 3.8) is 0 Å². The summed E-state index contributed by atoms with van der Waals surface area (Å²) in [6, 6.07) is 9.45. The lowest BCUT2D eigenvalue weighted by atomic mass is 10.2. The zero-order chi connectivity index (χ0) is 13.1. The number of ether oxygens (including phenoxy) is 1. The molecule has 2 aromatic carbocycles. The van der Waals surface area contributed by atoms with Gasteiger partial charge in [-0.05, 0) is 30.3 Å². The van der Waals surface area contributed by atoms with Crippen LogP contribution in [0.1, 0.15) is 5.56 Å². The van der Waals surface area contributed by atoms with E-state index in [1.807, 2.05) is 0 Å². The third-order valence-corrected chi connectivity index (χ3v) is 3.27. The largest absolute Gasteiger partial charge is 0.489 e. The van der Waals surface area contributed by atoms with E-state index < -0.39 is 0 Å². The van der Waals surface area contributed by atoms with Gasteiger partial charge in [0.2, 0.25) is 0 Å². The number of hydrogen-bond donors (Lipinski definition) is 0. The van der Waals surface area contributed by atoms with Gasteiger partial charge < -0.3 is 4.74 Å². The van der Waals surface area contributed by atoms with Crippen LogP contribution >= 0.6 is 39.1 Å². The molecule has 94 valence electrons. The Morgan fingerprint density at radius 1 is 1.11 bits per heavy atom. The minimum atomic E-state index is -0.366. The van der Waals surface area contributed by atoms with E-state index in [1.54, 1.807) is 24.3 Å².